The second-order valence-corrected chi connectivity index (χ2v) is 16.6. The maximum Gasteiger partial charge on any atom is 0.340 e. The van der Waals surface area contributed by atoms with Gasteiger partial charge in [-0.25, -0.2) is 4.79 Å². The Hall–Kier alpha value is -4.76. The summed E-state index contributed by atoms with van der Waals surface area (Å²) in [5, 5.41) is 27.2. The molecule has 2 heterocycles. The molecule has 0 aromatic heterocycles. The summed E-state index contributed by atoms with van der Waals surface area (Å²) < 4.78 is 18.8. The highest BCUT2D eigenvalue weighted by Crippen LogP contribution is 2.57. The van der Waals surface area contributed by atoms with E-state index in [-0.39, 0.29) is 27.7 Å². The summed E-state index contributed by atoms with van der Waals surface area (Å²) in [6.45, 7) is 20.9. The minimum atomic E-state index is -1.33. The number of aromatic hydroxyl groups is 2. The molecule has 2 aliphatic heterocycles. The van der Waals surface area contributed by atoms with Crippen molar-refractivity contribution in [3.8, 4) is 28.7 Å². The van der Waals surface area contributed by atoms with Crippen LogP contribution in [0, 0.1) is 0 Å². The molecule has 0 amide bonds. The minimum absolute atomic E-state index is 0.000578. The van der Waals surface area contributed by atoms with Gasteiger partial charge in [-0.3, -0.25) is 0 Å². The number of carbonyl (C=O) groups is 1. The third-order valence-electron chi connectivity index (χ3n) is 9.24. The van der Waals surface area contributed by atoms with Crippen LogP contribution < -0.4 is 20.1 Å². The monoisotopic (exact) mass is 694 g/mol. The highest BCUT2D eigenvalue weighted by molar-refractivity contribution is 7.80. The van der Waals surface area contributed by atoms with Crippen LogP contribution in [0.3, 0.4) is 0 Å². The van der Waals surface area contributed by atoms with E-state index in [4.69, 9.17) is 26.4 Å². The number of hydrogen-bond donors (Lipinski definition) is 4. The van der Waals surface area contributed by atoms with Gasteiger partial charge in [-0.15, -0.1) is 0 Å². The average Bonchev–Trinajstić information content (AvgIpc) is 3.28. The Morgan fingerprint density at radius 3 is 1.82 bits per heavy atom. The number of esters is 1. The van der Waals surface area contributed by atoms with E-state index in [0.717, 1.165) is 5.75 Å². The first-order chi connectivity index (χ1) is 23.3. The molecule has 0 bridgehead atoms. The van der Waals surface area contributed by atoms with Gasteiger partial charge < -0.3 is 35.1 Å². The Morgan fingerprint density at radius 2 is 1.30 bits per heavy atom. The maximum atomic E-state index is 13.5. The van der Waals surface area contributed by atoms with Crippen LogP contribution in [0.4, 0.5) is 5.69 Å². The molecule has 0 aliphatic carbocycles. The predicted molar refractivity (Wildman–Crippen MR) is 200 cm³/mol. The first-order valence-corrected chi connectivity index (χ1v) is 17.3. The molecule has 0 radical (unpaired) electrons. The fourth-order valence-electron chi connectivity index (χ4n) is 6.61. The number of thiocarbonyl (C=S) groups is 1. The van der Waals surface area contributed by atoms with Gasteiger partial charge in [0.15, 0.2) is 10.7 Å². The number of nitrogens with one attached hydrogen (secondary N) is 2. The topological polar surface area (TPSA) is 109 Å². The highest BCUT2D eigenvalue weighted by atomic mass is 32.1. The van der Waals surface area contributed by atoms with Crippen LogP contribution >= 0.6 is 12.2 Å². The molecule has 4 aromatic rings. The lowest BCUT2D eigenvalue weighted by Gasteiger charge is -2.36. The van der Waals surface area contributed by atoms with Gasteiger partial charge in [0, 0.05) is 45.6 Å². The molecule has 4 aromatic carbocycles. The van der Waals surface area contributed by atoms with E-state index in [1.165, 1.54) is 41.0 Å². The molecule has 6 rings (SSSR count). The molecule has 9 heteroatoms. The number of hydrogen-bond acceptors (Lipinski definition) is 7. The van der Waals surface area contributed by atoms with Crippen molar-refractivity contribution in [1.82, 2.24) is 5.32 Å². The molecule has 0 saturated carbocycles. The molecular weight excluding hydrogens is 649 g/mol. The van der Waals surface area contributed by atoms with Crippen molar-refractivity contribution in [3.63, 3.8) is 0 Å². The Kier molecular flexibility index (Phi) is 8.58. The third-order valence-corrected chi connectivity index (χ3v) is 9.48. The lowest BCUT2D eigenvalue weighted by molar-refractivity contribution is 0.0224. The van der Waals surface area contributed by atoms with Gasteiger partial charge in [-0.1, -0.05) is 80.5 Å². The van der Waals surface area contributed by atoms with Gasteiger partial charge in [0.05, 0.1) is 12.1 Å². The van der Waals surface area contributed by atoms with Gasteiger partial charge in [-0.2, -0.15) is 0 Å². The number of carbonyl (C=O) groups excluding carboxylic acids is 1. The first-order valence-electron chi connectivity index (χ1n) is 16.9. The van der Waals surface area contributed by atoms with Gasteiger partial charge in [0.1, 0.15) is 35.4 Å². The Morgan fingerprint density at radius 1 is 0.760 bits per heavy atom. The van der Waals surface area contributed by atoms with E-state index in [9.17, 15) is 15.0 Å². The van der Waals surface area contributed by atoms with Crippen molar-refractivity contribution in [2.24, 2.45) is 0 Å². The molecule has 8 nitrogen and oxygen atoms in total. The zero-order chi connectivity index (χ0) is 36.4. The number of ether oxygens (including phenoxy) is 3. The van der Waals surface area contributed by atoms with Crippen molar-refractivity contribution in [2.75, 3.05) is 18.5 Å². The number of phenolic OH excluding ortho intramolecular Hbond substituents is 2. The number of rotatable bonds is 5. The predicted octanol–water partition coefficient (Wildman–Crippen LogP) is 8.92. The summed E-state index contributed by atoms with van der Waals surface area (Å²) in [4.78, 5) is 13.5. The van der Waals surface area contributed by atoms with Gasteiger partial charge in [0.2, 0.25) is 0 Å². The van der Waals surface area contributed by atoms with E-state index < -0.39 is 11.6 Å². The Bertz CT molecular complexity index is 1930. The Labute approximate surface area is 299 Å². The fourth-order valence-corrected chi connectivity index (χ4v) is 6.83. The van der Waals surface area contributed by atoms with Gasteiger partial charge >= 0.3 is 5.97 Å². The molecule has 1 spiro atoms. The van der Waals surface area contributed by atoms with Gasteiger partial charge in [-0.05, 0) is 70.4 Å². The highest BCUT2D eigenvalue weighted by Gasteiger charge is 2.53. The molecular formula is C41H46N2O6S. The van der Waals surface area contributed by atoms with Crippen LogP contribution in [-0.4, -0.2) is 34.4 Å². The van der Waals surface area contributed by atoms with Crippen molar-refractivity contribution >= 4 is 29.0 Å². The number of anilines is 1. The smallest absolute Gasteiger partial charge is 0.340 e. The van der Waals surface area contributed by atoms with Crippen molar-refractivity contribution in [3.05, 3.63) is 106 Å². The summed E-state index contributed by atoms with van der Waals surface area (Å²) >= 11 is 5.64. The average molecular weight is 695 g/mol. The maximum absolute atomic E-state index is 13.5. The second kappa shape index (κ2) is 12.2. The zero-order valence-corrected chi connectivity index (χ0v) is 31.0. The quantitative estimate of drug-likeness (QED) is 0.0925. The minimum Gasteiger partial charge on any atom is -0.508 e. The summed E-state index contributed by atoms with van der Waals surface area (Å²) in [6.07, 6.45) is 0. The van der Waals surface area contributed by atoms with Crippen molar-refractivity contribution in [1.29, 1.82) is 0 Å². The van der Waals surface area contributed by atoms with Crippen LogP contribution in [0.15, 0.2) is 66.7 Å². The first kappa shape index (κ1) is 35.1. The van der Waals surface area contributed by atoms with E-state index in [1.807, 2.05) is 12.1 Å². The molecule has 262 valence electrons. The van der Waals surface area contributed by atoms with Crippen LogP contribution in [0.2, 0.25) is 0 Å². The van der Waals surface area contributed by atoms with Crippen molar-refractivity contribution in [2.45, 2.75) is 84.2 Å². The summed E-state index contributed by atoms with van der Waals surface area (Å²) in [7, 11) is 0. The molecule has 0 unspecified atom stereocenters. The van der Waals surface area contributed by atoms with Gasteiger partial charge in [0.25, 0.3) is 0 Å². The summed E-state index contributed by atoms with van der Waals surface area (Å²) in [6, 6.07) is 19.3. The van der Waals surface area contributed by atoms with E-state index in [1.54, 1.807) is 18.2 Å². The van der Waals surface area contributed by atoms with Crippen LogP contribution in [0.1, 0.15) is 106 Å². The standard InChI is InChI=1S/C41H46N2O6S/c1-38(2,3)23-18-31(39(4,5)6)35(32(19-23)40(7,8)9)47-17-16-42-37(50)43-24-10-13-28-27(20-24)36(46)49-41(28)29-14-11-25(44)21-33(29)48-34-22-26(45)12-15-30(34)41/h10-15,18-22,44-45H,16-17H2,1-9H3,(H2,42,43,50). The van der Waals surface area contributed by atoms with E-state index >= 15 is 0 Å². The van der Waals surface area contributed by atoms with E-state index in [0.29, 0.717) is 57.7 Å². The molecule has 4 N–H and O–H groups in total. The normalized spacial score (nSPS) is 14.6. The molecule has 0 atom stereocenters. The summed E-state index contributed by atoms with van der Waals surface area (Å²) in [5.41, 5.74) is 4.82. The molecule has 2 aliphatic rings. The Balaban J connectivity index is 1.20. The fraction of sp³-hybridized carbons (Fsp3) is 0.366. The molecule has 0 fully saturated rings. The van der Waals surface area contributed by atoms with Crippen molar-refractivity contribution < 1.29 is 29.2 Å². The number of phenols is 2. The SMILES string of the molecule is CC(C)(C)c1cc(C(C)(C)C)c(OCCNC(=S)Nc2ccc3c(c2)C(=O)OC32c3ccc(O)cc3Oc3cc(O)ccc32)c(C(C)(C)C)c1. The van der Waals surface area contributed by atoms with E-state index in [2.05, 4.69) is 85.1 Å². The zero-order valence-electron chi connectivity index (χ0n) is 30.2. The molecule has 0 saturated heterocycles. The number of benzene rings is 4. The van der Waals surface area contributed by atoms with Crippen LogP contribution in [0.25, 0.3) is 0 Å². The lowest BCUT2D eigenvalue weighted by atomic mass is 9.75. The largest absolute Gasteiger partial charge is 0.508 e. The van der Waals surface area contributed by atoms with Crippen LogP contribution in [-0.2, 0) is 26.6 Å². The second-order valence-electron chi connectivity index (χ2n) is 16.2. The van der Waals surface area contributed by atoms with Crippen LogP contribution in [0.5, 0.6) is 28.7 Å². The third kappa shape index (κ3) is 6.35. The molecule has 50 heavy (non-hydrogen) atoms. The summed E-state index contributed by atoms with van der Waals surface area (Å²) in [5.74, 6) is 1.06. The lowest BCUT2D eigenvalue weighted by Crippen LogP contribution is -2.33. The number of fused-ring (bicyclic) bond motifs is 6.